The second-order valence-electron chi connectivity index (χ2n) is 6.46. The van der Waals surface area contributed by atoms with Gasteiger partial charge in [-0.05, 0) is 35.7 Å². The van der Waals surface area contributed by atoms with E-state index in [1.807, 2.05) is 0 Å². The lowest BCUT2D eigenvalue weighted by Gasteiger charge is -2.32. The van der Waals surface area contributed by atoms with Gasteiger partial charge < -0.3 is 15.7 Å². The zero-order valence-electron chi connectivity index (χ0n) is 14.6. The number of alkyl halides is 3. The van der Waals surface area contributed by atoms with Gasteiger partial charge in [-0.25, -0.2) is 4.68 Å². The number of halogens is 4. The molecule has 4 rings (SSSR count). The molecule has 0 unspecified atom stereocenters. The Balaban J connectivity index is 1.69. The number of hydrogen-bond acceptors (Lipinski definition) is 5. The van der Waals surface area contributed by atoms with E-state index in [9.17, 15) is 23.1 Å². The molecule has 152 valence electrons. The van der Waals surface area contributed by atoms with Crippen LogP contribution < -0.4 is 10.6 Å². The molecule has 1 amide bonds. The van der Waals surface area contributed by atoms with E-state index >= 15 is 0 Å². The van der Waals surface area contributed by atoms with Gasteiger partial charge in [-0.2, -0.15) is 18.3 Å². The van der Waals surface area contributed by atoms with Crippen molar-refractivity contribution in [3.63, 3.8) is 0 Å². The molecule has 0 bridgehead atoms. The van der Waals surface area contributed by atoms with E-state index < -0.39 is 24.2 Å². The van der Waals surface area contributed by atoms with Gasteiger partial charge in [-0.3, -0.25) is 4.79 Å². The molecule has 3 aromatic rings. The average Bonchev–Trinajstić information content (AvgIpc) is 3.31. The lowest BCUT2D eigenvalue weighted by atomic mass is 10.0. The van der Waals surface area contributed by atoms with Crippen LogP contribution in [0.4, 0.5) is 24.7 Å². The molecule has 3 N–H and O–H groups in total. The van der Waals surface area contributed by atoms with Gasteiger partial charge in [0.1, 0.15) is 16.6 Å². The van der Waals surface area contributed by atoms with Gasteiger partial charge >= 0.3 is 6.18 Å². The number of rotatable bonds is 3. The first-order chi connectivity index (χ1) is 13.7. The third-order valence-electron chi connectivity index (χ3n) is 4.52. The molecule has 2 aromatic heterocycles. The number of phenolic OH excluding ortho intramolecular Hbond substituents is 1. The lowest BCUT2D eigenvalue weighted by Crippen LogP contribution is -2.35. The highest BCUT2D eigenvalue weighted by Crippen LogP contribution is 2.46. The first-order valence-electron chi connectivity index (χ1n) is 8.49. The Kier molecular flexibility index (Phi) is 4.91. The second kappa shape index (κ2) is 7.27. The summed E-state index contributed by atoms with van der Waals surface area (Å²) >= 11 is 7.60. The highest BCUT2D eigenvalue weighted by atomic mass is 35.5. The minimum atomic E-state index is -4.56. The minimum Gasteiger partial charge on any atom is -0.508 e. The van der Waals surface area contributed by atoms with Crippen molar-refractivity contribution in [3.05, 3.63) is 57.4 Å². The summed E-state index contributed by atoms with van der Waals surface area (Å²) in [5.74, 6) is -0.789. The fourth-order valence-corrected chi connectivity index (χ4v) is 4.20. The summed E-state index contributed by atoms with van der Waals surface area (Å²) in [5, 5.41) is 20.3. The Bertz CT molecular complexity index is 1030. The number of carbonyl (C=O) groups excluding carboxylic acids is 1. The Morgan fingerprint density at radius 2 is 2.03 bits per heavy atom. The molecule has 29 heavy (non-hydrogen) atoms. The molecule has 1 aliphatic heterocycles. The molecule has 2 atom stereocenters. The van der Waals surface area contributed by atoms with Crippen molar-refractivity contribution in [2.24, 2.45) is 0 Å². The molecule has 0 fully saturated rings. The van der Waals surface area contributed by atoms with Crippen LogP contribution in [0.25, 0.3) is 0 Å². The van der Waals surface area contributed by atoms with Crippen LogP contribution in [0.5, 0.6) is 5.75 Å². The van der Waals surface area contributed by atoms with Crippen molar-refractivity contribution in [1.29, 1.82) is 0 Å². The van der Waals surface area contributed by atoms with Crippen LogP contribution in [-0.4, -0.2) is 27.0 Å². The highest BCUT2D eigenvalue weighted by molar-refractivity contribution is 7.10. The smallest absolute Gasteiger partial charge is 0.410 e. The molecule has 3 heterocycles. The van der Waals surface area contributed by atoms with E-state index in [0.29, 0.717) is 5.69 Å². The van der Waals surface area contributed by atoms with Crippen LogP contribution in [0.3, 0.4) is 0 Å². The first-order valence-corrected chi connectivity index (χ1v) is 9.75. The molecule has 11 heteroatoms. The van der Waals surface area contributed by atoms with Gasteiger partial charge in [0, 0.05) is 17.0 Å². The van der Waals surface area contributed by atoms with Crippen LogP contribution in [0.1, 0.15) is 33.9 Å². The monoisotopic (exact) mass is 442 g/mol. The maximum atomic E-state index is 13.7. The van der Waals surface area contributed by atoms with E-state index in [4.69, 9.17) is 11.6 Å². The standard InChI is InChI=1S/C18H14ClF3N4O2S/c19-14-15(17(28)23-9-3-5-10(27)6-4-9)25-26-13(18(20,21)22)8-11(24-16(14)26)12-2-1-7-29-12/h1-7,11,13,24,27H,8H2,(H,23,28)/t11-,13+/m0/s1. The van der Waals surface area contributed by atoms with Crippen molar-refractivity contribution in [3.8, 4) is 5.75 Å². The Hall–Kier alpha value is -2.72. The fraction of sp³-hybridized carbons (Fsp3) is 0.222. The van der Waals surface area contributed by atoms with Gasteiger partial charge in [0.2, 0.25) is 0 Å². The maximum absolute atomic E-state index is 13.7. The number of phenols is 1. The van der Waals surface area contributed by atoms with Gasteiger partial charge in [-0.15, -0.1) is 11.3 Å². The molecular formula is C18H14ClF3N4O2S. The molecular weight excluding hydrogens is 429 g/mol. The predicted molar refractivity (Wildman–Crippen MR) is 104 cm³/mol. The van der Waals surface area contributed by atoms with Crippen molar-refractivity contribution in [2.45, 2.75) is 24.7 Å². The highest BCUT2D eigenvalue weighted by Gasteiger charge is 2.48. The number of fused-ring (bicyclic) bond motifs is 1. The van der Waals surface area contributed by atoms with Crippen molar-refractivity contribution >= 4 is 40.4 Å². The number of hydrogen-bond donors (Lipinski definition) is 3. The summed E-state index contributed by atoms with van der Waals surface area (Å²) in [6, 6.07) is 6.60. The van der Waals surface area contributed by atoms with E-state index in [-0.39, 0.29) is 28.7 Å². The quantitative estimate of drug-likeness (QED) is 0.486. The molecule has 1 aliphatic rings. The number of anilines is 2. The van der Waals surface area contributed by atoms with E-state index in [1.54, 1.807) is 17.5 Å². The van der Waals surface area contributed by atoms with E-state index in [2.05, 4.69) is 15.7 Å². The van der Waals surface area contributed by atoms with Crippen LogP contribution in [0.2, 0.25) is 5.02 Å². The summed E-state index contributed by atoms with van der Waals surface area (Å²) in [6.07, 6.45) is -4.83. The molecule has 0 saturated heterocycles. The number of benzene rings is 1. The third-order valence-corrected chi connectivity index (χ3v) is 5.87. The molecule has 6 nitrogen and oxygen atoms in total. The minimum absolute atomic E-state index is 0.00956. The van der Waals surface area contributed by atoms with Crippen LogP contribution >= 0.6 is 22.9 Å². The van der Waals surface area contributed by atoms with Crippen LogP contribution in [0, 0.1) is 0 Å². The topological polar surface area (TPSA) is 79.2 Å². The Morgan fingerprint density at radius 1 is 1.31 bits per heavy atom. The Labute approximate surface area is 171 Å². The average molecular weight is 443 g/mol. The summed E-state index contributed by atoms with van der Waals surface area (Å²) in [4.78, 5) is 13.3. The summed E-state index contributed by atoms with van der Waals surface area (Å²) in [5.41, 5.74) is 0.0231. The largest absolute Gasteiger partial charge is 0.508 e. The van der Waals surface area contributed by atoms with E-state index in [0.717, 1.165) is 9.56 Å². The lowest BCUT2D eigenvalue weighted by molar-refractivity contribution is -0.173. The summed E-state index contributed by atoms with van der Waals surface area (Å²) in [6.45, 7) is 0. The van der Waals surface area contributed by atoms with Crippen molar-refractivity contribution in [1.82, 2.24) is 9.78 Å². The summed E-state index contributed by atoms with van der Waals surface area (Å²) < 4.78 is 41.9. The molecule has 0 aliphatic carbocycles. The normalized spacial score (nSPS) is 18.8. The zero-order chi connectivity index (χ0) is 20.8. The number of carbonyl (C=O) groups is 1. The number of nitrogens with zero attached hydrogens (tertiary/aromatic N) is 2. The number of aromatic nitrogens is 2. The Morgan fingerprint density at radius 3 is 2.66 bits per heavy atom. The van der Waals surface area contributed by atoms with E-state index in [1.165, 1.54) is 35.6 Å². The van der Waals surface area contributed by atoms with Crippen LogP contribution in [0.15, 0.2) is 41.8 Å². The molecule has 0 radical (unpaired) electrons. The molecule has 0 spiro atoms. The number of nitrogens with one attached hydrogen (secondary N) is 2. The third kappa shape index (κ3) is 3.77. The number of thiophene rings is 1. The zero-order valence-corrected chi connectivity index (χ0v) is 16.1. The number of amides is 1. The maximum Gasteiger partial charge on any atom is 0.410 e. The van der Waals surface area contributed by atoms with Gasteiger partial charge in [0.05, 0.1) is 6.04 Å². The molecule has 1 aromatic carbocycles. The van der Waals surface area contributed by atoms with Crippen molar-refractivity contribution < 1.29 is 23.1 Å². The fourth-order valence-electron chi connectivity index (χ4n) is 3.15. The first kappa shape index (κ1) is 19.6. The second-order valence-corrected chi connectivity index (χ2v) is 7.82. The molecule has 0 saturated carbocycles. The van der Waals surface area contributed by atoms with Crippen LogP contribution in [-0.2, 0) is 0 Å². The SMILES string of the molecule is O=C(Nc1ccc(O)cc1)c1nn2c(c1Cl)N[C@H](c1cccs1)C[C@@H]2C(F)(F)F. The predicted octanol–water partition coefficient (Wildman–Crippen LogP) is 5.22. The van der Waals surface area contributed by atoms with Gasteiger partial charge in [0.25, 0.3) is 5.91 Å². The van der Waals surface area contributed by atoms with Gasteiger partial charge in [-0.1, -0.05) is 17.7 Å². The van der Waals surface area contributed by atoms with Crippen molar-refractivity contribution in [2.75, 3.05) is 10.6 Å². The van der Waals surface area contributed by atoms with Gasteiger partial charge in [0.15, 0.2) is 11.7 Å². The number of aromatic hydroxyl groups is 1. The summed E-state index contributed by atoms with van der Waals surface area (Å²) in [7, 11) is 0.